The minimum absolute atomic E-state index is 0.218. The van der Waals surface area contributed by atoms with E-state index < -0.39 is 11.7 Å². The molecule has 1 aliphatic heterocycles. The van der Waals surface area contributed by atoms with Crippen molar-refractivity contribution >= 4 is 11.8 Å². The van der Waals surface area contributed by atoms with Crippen LogP contribution in [0.3, 0.4) is 0 Å². The molecule has 0 bridgehead atoms. The number of aromatic nitrogens is 4. The van der Waals surface area contributed by atoms with Crippen molar-refractivity contribution < 1.29 is 22.3 Å². The molecule has 1 fully saturated rings. The molecule has 0 unspecified atom stereocenters. The largest absolute Gasteiger partial charge is 0.440 e. The van der Waals surface area contributed by atoms with E-state index in [1.54, 1.807) is 11.8 Å². The van der Waals surface area contributed by atoms with Gasteiger partial charge in [-0.25, -0.2) is 4.98 Å². The van der Waals surface area contributed by atoms with Crippen molar-refractivity contribution in [3.63, 3.8) is 0 Å². The molecule has 3 heterocycles. The lowest BCUT2D eigenvalue weighted by molar-refractivity contribution is -0.137. The van der Waals surface area contributed by atoms with Gasteiger partial charge in [0.15, 0.2) is 18.0 Å². The Hall–Kier alpha value is -2.37. The van der Waals surface area contributed by atoms with Crippen molar-refractivity contribution in [1.82, 2.24) is 25.1 Å². The molecule has 0 saturated carbocycles. The molecule has 7 nitrogen and oxygen atoms in total. The van der Waals surface area contributed by atoms with Crippen molar-refractivity contribution in [2.24, 2.45) is 0 Å². The van der Waals surface area contributed by atoms with E-state index >= 15 is 0 Å². The van der Waals surface area contributed by atoms with Crippen LogP contribution in [0.4, 0.5) is 13.2 Å². The lowest BCUT2D eigenvalue weighted by Crippen LogP contribution is -2.39. The zero-order valence-corrected chi connectivity index (χ0v) is 17.7. The third kappa shape index (κ3) is 5.46. The molecule has 1 N–H and O–H groups in total. The van der Waals surface area contributed by atoms with Gasteiger partial charge in [-0.05, 0) is 37.6 Å². The van der Waals surface area contributed by atoms with E-state index in [0.717, 1.165) is 48.7 Å². The van der Waals surface area contributed by atoms with Gasteiger partial charge < -0.3 is 9.15 Å². The van der Waals surface area contributed by atoms with Gasteiger partial charge in [-0.15, -0.1) is 5.10 Å². The molecule has 1 aromatic carbocycles. The second kappa shape index (κ2) is 9.41. The Morgan fingerprint density at radius 1 is 1.26 bits per heavy atom. The SMILES string of the molecule is Cc1ncoc1-c1nc(SCCCN2CCO[C@@H](c3ccc(C(F)(F)F)cc3)C2)n[nH]1. The van der Waals surface area contributed by atoms with E-state index in [9.17, 15) is 13.2 Å². The molecular formula is C20H22F3N5O2S. The third-order valence-electron chi connectivity index (χ3n) is 5.04. The van der Waals surface area contributed by atoms with Crippen LogP contribution in [-0.4, -0.2) is 57.1 Å². The van der Waals surface area contributed by atoms with Crippen LogP contribution in [-0.2, 0) is 10.9 Å². The summed E-state index contributed by atoms with van der Waals surface area (Å²) < 4.78 is 49.3. The first-order valence-corrected chi connectivity index (χ1v) is 10.9. The molecular weight excluding hydrogens is 431 g/mol. The zero-order valence-electron chi connectivity index (χ0n) is 16.9. The van der Waals surface area contributed by atoms with Crippen molar-refractivity contribution in [3.8, 4) is 11.6 Å². The monoisotopic (exact) mass is 453 g/mol. The van der Waals surface area contributed by atoms with Gasteiger partial charge >= 0.3 is 6.18 Å². The molecule has 11 heteroatoms. The first-order valence-electron chi connectivity index (χ1n) is 9.87. The second-order valence-corrected chi connectivity index (χ2v) is 8.28. The molecule has 166 valence electrons. The molecule has 3 aromatic rings. The first-order chi connectivity index (χ1) is 14.9. The summed E-state index contributed by atoms with van der Waals surface area (Å²) >= 11 is 1.55. The van der Waals surface area contributed by atoms with E-state index in [2.05, 4.69) is 25.1 Å². The Bertz CT molecular complexity index is 989. The molecule has 0 spiro atoms. The summed E-state index contributed by atoms with van der Waals surface area (Å²) in [4.78, 5) is 10.7. The number of halogens is 3. The number of alkyl halides is 3. The maximum absolute atomic E-state index is 12.8. The fraction of sp³-hybridized carbons (Fsp3) is 0.450. The molecule has 0 aliphatic carbocycles. The number of benzene rings is 1. The topological polar surface area (TPSA) is 80.1 Å². The van der Waals surface area contributed by atoms with E-state index in [-0.39, 0.29) is 6.10 Å². The van der Waals surface area contributed by atoms with Crippen molar-refractivity contribution in [1.29, 1.82) is 0 Å². The van der Waals surface area contributed by atoms with Gasteiger partial charge in [-0.3, -0.25) is 10.00 Å². The molecule has 1 saturated heterocycles. The molecule has 2 aromatic heterocycles. The molecule has 1 aliphatic rings. The lowest BCUT2D eigenvalue weighted by Gasteiger charge is -2.33. The standard InChI is InChI=1S/C20H22F3N5O2S/c1-13-17(30-12-24-13)18-25-19(27-26-18)31-10-2-7-28-8-9-29-16(11-28)14-3-5-15(6-4-14)20(21,22)23/h3-6,12,16H,2,7-11H2,1H3,(H,25,26,27)/t16-/m1/s1. The number of rotatable bonds is 7. The maximum Gasteiger partial charge on any atom is 0.416 e. The van der Waals surface area contributed by atoms with Gasteiger partial charge in [-0.2, -0.15) is 18.2 Å². The van der Waals surface area contributed by atoms with Gasteiger partial charge in [0.05, 0.1) is 24.0 Å². The summed E-state index contributed by atoms with van der Waals surface area (Å²) in [7, 11) is 0. The van der Waals surface area contributed by atoms with E-state index in [1.165, 1.54) is 18.5 Å². The highest BCUT2D eigenvalue weighted by Crippen LogP contribution is 2.31. The van der Waals surface area contributed by atoms with Crippen LogP contribution in [0.15, 0.2) is 40.2 Å². The van der Waals surface area contributed by atoms with Crippen molar-refractivity contribution in [2.75, 3.05) is 32.0 Å². The summed E-state index contributed by atoms with van der Waals surface area (Å²) in [6.45, 7) is 4.73. The van der Waals surface area contributed by atoms with E-state index in [0.29, 0.717) is 29.9 Å². The molecule has 0 radical (unpaired) electrons. The Morgan fingerprint density at radius 2 is 2.06 bits per heavy atom. The first kappa shape index (κ1) is 21.8. The van der Waals surface area contributed by atoms with Crippen molar-refractivity contribution in [3.05, 3.63) is 47.5 Å². The number of nitrogens with zero attached hydrogens (tertiary/aromatic N) is 4. The van der Waals surface area contributed by atoms with Gasteiger partial charge in [-0.1, -0.05) is 23.9 Å². The van der Waals surface area contributed by atoms with Crippen LogP contribution < -0.4 is 0 Å². The number of aryl methyl sites for hydroxylation is 1. The average molecular weight is 453 g/mol. The van der Waals surface area contributed by atoms with Crippen LogP contribution in [0.2, 0.25) is 0 Å². The van der Waals surface area contributed by atoms with Crippen LogP contribution in [0, 0.1) is 6.92 Å². The van der Waals surface area contributed by atoms with Gasteiger partial charge in [0.2, 0.25) is 5.16 Å². The highest BCUT2D eigenvalue weighted by Gasteiger charge is 2.30. The smallest absolute Gasteiger partial charge is 0.416 e. The number of thioether (sulfide) groups is 1. The number of oxazole rings is 1. The number of H-pyrrole nitrogens is 1. The number of hydrogen-bond acceptors (Lipinski definition) is 7. The Labute approximate surface area is 181 Å². The predicted octanol–water partition coefficient (Wildman–Crippen LogP) is 4.34. The quantitative estimate of drug-likeness (QED) is 0.421. The van der Waals surface area contributed by atoms with Crippen molar-refractivity contribution in [2.45, 2.75) is 30.8 Å². The molecule has 1 atom stereocenters. The molecule has 4 rings (SSSR count). The van der Waals surface area contributed by atoms with Crippen LogP contribution in [0.1, 0.15) is 29.3 Å². The zero-order chi connectivity index (χ0) is 21.8. The minimum atomic E-state index is -4.33. The van der Waals surface area contributed by atoms with Crippen LogP contribution in [0.25, 0.3) is 11.6 Å². The van der Waals surface area contributed by atoms with Gasteiger partial charge in [0.25, 0.3) is 0 Å². The van der Waals surface area contributed by atoms with E-state index in [1.807, 2.05) is 6.92 Å². The number of ether oxygens (including phenoxy) is 1. The summed E-state index contributed by atoms with van der Waals surface area (Å²) in [6.07, 6.45) is -2.24. The highest BCUT2D eigenvalue weighted by molar-refractivity contribution is 7.99. The number of aromatic amines is 1. The van der Waals surface area contributed by atoms with Crippen LogP contribution >= 0.6 is 11.8 Å². The number of hydrogen-bond donors (Lipinski definition) is 1. The van der Waals surface area contributed by atoms with Gasteiger partial charge in [0.1, 0.15) is 0 Å². The molecule has 31 heavy (non-hydrogen) atoms. The number of morpholine rings is 1. The fourth-order valence-corrected chi connectivity index (χ4v) is 4.11. The summed E-state index contributed by atoms with van der Waals surface area (Å²) in [5.74, 6) is 1.99. The third-order valence-corrected chi connectivity index (χ3v) is 5.97. The summed E-state index contributed by atoms with van der Waals surface area (Å²) in [5.41, 5.74) is 0.875. The highest BCUT2D eigenvalue weighted by atomic mass is 32.2. The fourth-order valence-electron chi connectivity index (χ4n) is 3.39. The predicted molar refractivity (Wildman–Crippen MR) is 109 cm³/mol. The molecule has 0 amide bonds. The summed E-state index contributed by atoms with van der Waals surface area (Å²) in [5, 5.41) is 7.71. The lowest BCUT2D eigenvalue weighted by atomic mass is 10.1. The average Bonchev–Trinajstić information content (AvgIpc) is 3.39. The second-order valence-electron chi connectivity index (χ2n) is 7.22. The normalized spacial score (nSPS) is 17.9. The maximum atomic E-state index is 12.8. The van der Waals surface area contributed by atoms with Crippen LogP contribution in [0.5, 0.6) is 0 Å². The Morgan fingerprint density at radius 3 is 2.77 bits per heavy atom. The minimum Gasteiger partial charge on any atom is -0.440 e. The number of nitrogens with one attached hydrogen (secondary N) is 1. The summed E-state index contributed by atoms with van der Waals surface area (Å²) in [6, 6.07) is 5.23. The Balaban J connectivity index is 1.23. The Kier molecular flexibility index (Phi) is 6.63. The van der Waals surface area contributed by atoms with Gasteiger partial charge in [0, 0.05) is 18.8 Å². The van der Waals surface area contributed by atoms with E-state index in [4.69, 9.17) is 9.15 Å².